The standard InChI is InChI=1S/C19H34O2/c1-3-4-5-6-7-8-9-10-11-12-13-14-15-16-17-18-19(20)21-2/h10-11,16-17H,3-9,12-15,18H2,1-2H3. The van der Waals surface area contributed by atoms with Crippen molar-refractivity contribution < 1.29 is 9.53 Å². The zero-order valence-electron chi connectivity index (χ0n) is 14.1. The van der Waals surface area contributed by atoms with Gasteiger partial charge in [-0.3, -0.25) is 4.79 Å². The van der Waals surface area contributed by atoms with Gasteiger partial charge in [-0.2, -0.15) is 0 Å². The van der Waals surface area contributed by atoms with Gasteiger partial charge in [-0.05, 0) is 38.5 Å². The highest BCUT2D eigenvalue weighted by molar-refractivity contribution is 5.70. The zero-order valence-corrected chi connectivity index (χ0v) is 14.1. The first-order valence-corrected chi connectivity index (χ1v) is 8.68. The molecule has 0 aromatic heterocycles. The molecule has 0 aromatic carbocycles. The van der Waals surface area contributed by atoms with Gasteiger partial charge in [0.05, 0.1) is 13.5 Å². The van der Waals surface area contributed by atoms with Gasteiger partial charge in [-0.15, -0.1) is 0 Å². The minimum absolute atomic E-state index is 0.163. The molecule has 0 rings (SSSR count). The van der Waals surface area contributed by atoms with Crippen LogP contribution in [0.15, 0.2) is 24.3 Å². The quantitative estimate of drug-likeness (QED) is 0.224. The van der Waals surface area contributed by atoms with Crippen LogP contribution in [0.5, 0.6) is 0 Å². The van der Waals surface area contributed by atoms with Crippen LogP contribution in [-0.4, -0.2) is 13.1 Å². The first-order valence-electron chi connectivity index (χ1n) is 8.68. The molecule has 0 atom stereocenters. The summed E-state index contributed by atoms with van der Waals surface area (Å²) < 4.78 is 4.57. The molecule has 0 amide bonds. The highest BCUT2D eigenvalue weighted by Crippen LogP contribution is 2.08. The summed E-state index contributed by atoms with van der Waals surface area (Å²) in [7, 11) is 1.42. The van der Waals surface area contributed by atoms with Crippen LogP contribution < -0.4 is 0 Å². The molecule has 0 spiro atoms. The van der Waals surface area contributed by atoms with E-state index >= 15 is 0 Å². The number of esters is 1. The summed E-state index contributed by atoms with van der Waals surface area (Å²) in [5.41, 5.74) is 0. The third kappa shape index (κ3) is 16.9. The number of rotatable bonds is 14. The Morgan fingerprint density at radius 3 is 1.81 bits per heavy atom. The number of carbonyl (C=O) groups is 1. The van der Waals surface area contributed by atoms with Crippen molar-refractivity contribution in [1.82, 2.24) is 0 Å². The summed E-state index contributed by atoms with van der Waals surface area (Å²) in [5, 5.41) is 0. The van der Waals surface area contributed by atoms with Crippen LogP contribution in [0.3, 0.4) is 0 Å². The second-order valence-electron chi connectivity index (χ2n) is 5.56. The zero-order chi connectivity index (χ0) is 15.6. The summed E-state index contributed by atoms with van der Waals surface area (Å²) in [4.78, 5) is 10.9. The van der Waals surface area contributed by atoms with Gasteiger partial charge in [0.1, 0.15) is 0 Å². The molecule has 0 unspecified atom stereocenters. The Bertz CT molecular complexity index is 279. The fraction of sp³-hybridized carbons (Fsp3) is 0.737. The Kier molecular flexibility index (Phi) is 16.2. The van der Waals surface area contributed by atoms with Crippen molar-refractivity contribution in [1.29, 1.82) is 0 Å². The van der Waals surface area contributed by atoms with Crippen molar-refractivity contribution in [2.24, 2.45) is 0 Å². The van der Waals surface area contributed by atoms with Crippen molar-refractivity contribution in [3.63, 3.8) is 0 Å². The molecule has 2 nitrogen and oxygen atoms in total. The van der Waals surface area contributed by atoms with Crippen LogP contribution in [-0.2, 0) is 9.53 Å². The number of carbonyl (C=O) groups excluding carboxylic acids is 1. The maximum absolute atomic E-state index is 10.9. The van der Waals surface area contributed by atoms with E-state index in [1.807, 2.05) is 6.08 Å². The lowest BCUT2D eigenvalue weighted by Gasteiger charge is -1.98. The monoisotopic (exact) mass is 294 g/mol. The van der Waals surface area contributed by atoms with E-state index in [2.05, 4.69) is 29.9 Å². The molecule has 2 heteroatoms. The molecule has 0 heterocycles. The predicted molar refractivity (Wildman–Crippen MR) is 91.4 cm³/mol. The first kappa shape index (κ1) is 19.9. The summed E-state index contributed by atoms with van der Waals surface area (Å²) in [6.45, 7) is 2.26. The molecule has 0 aliphatic rings. The molecule has 0 N–H and O–H groups in total. The molecular formula is C19H34O2. The normalized spacial score (nSPS) is 11.5. The Labute approximate surface area is 131 Å². The molecular weight excluding hydrogens is 260 g/mol. The molecule has 0 radical (unpaired) electrons. The molecule has 0 aromatic rings. The number of hydrogen-bond donors (Lipinski definition) is 0. The Morgan fingerprint density at radius 1 is 0.762 bits per heavy atom. The van der Waals surface area contributed by atoms with Crippen molar-refractivity contribution in [2.45, 2.75) is 84.0 Å². The van der Waals surface area contributed by atoms with Crippen LogP contribution in [0.1, 0.15) is 84.0 Å². The SMILES string of the molecule is CCCCCCCCC=CCCCCC=CCC(=O)OC. The molecule has 0 aliphatic carbocycles. The number of ether oxygens (including phenoxy) is 1. The van der Waals surface area contributed by atoms with Crippen LogP contribution in [0.4, 0.5) is 0 Å². The average Bonchev–Trinajstić information content (AvgIpc) is 2.50. The van der Waals surface area contributed by atoms with Gasteiger partial charge in [0.15, 0.2) is 0 Å². The lowest BCUT2D eigenvalue weighted by atomic mass is 10.1. The highest BCUT2D eigenvalue weighted by atomic mass is 16.5. The average molecular weight is 294 g/mol. The van der Waals surface area contributed by atoms with E-state index in [4.69, 9.17) is 0 Å². The van der Waals surface area contributed by atoms with E-state index in [-0.39, 0.29) is 5.97 Å². The molecule has 21 heavy (non-hydrogen) atoms. The predicted octanol–water partition coefficient (Wildman–Crippen LogP) is 5.97. The van der Waals surface area contributed by atoms with Gasteiger partial charge in [0.25, 0.3) is 0 Å². The summed E-state index contributed by atoms with van der Waals surface area (Å²) >= 11 is 0. The van der Waals surface area contributed by atoms with Gasteiger partial charge in [0, 0.05) is 0 Å². The summed E-state index contributed by atoms with van der Waals surface area (Å²) in [5.74, 6) is -0.163. The fourth-order valence-corrected chi connectivity index (χ4v) is 2.18. The number of methoxy groups -OCH3 is 1. The minimum Gasteiger partial charge on any atom is -0.469 e. The van der Waals surface area contributed by atoms with Crippen molar-refractivity contribution in [3.05, 3.63) is 24.3 Å². The molecule has 122 valence electrons. The van der Waals surface area contributed by atoms with Crippen molar-refractivity contribution >= 4 is 5.97 Å². The largest absolute Gasteiger partial charge is 0.469 e. The third-order valence-corrected chi connectivity index (χ3v) is 3.56. The second-order valence-corrected chi connectivity index (χ2v) is 5.56. The smallest absolute Gasteiger partial charge is 0.309 e. The Balaban J connectivity index is 3.20. The van der Waals surface area contributed by atoms with E-state index in [1.54, 1.807) is 0 Å². The van der Waals surface area contributed by atoms with Crippen LogP contribution in [0.2, 0.25) is 0 Å². The van der Waals surface area contributed by atoms with E-state index in [0.29, 0.717) is 6.42 Å². The summed E-state index contributed by atoms with van der Waals surface area (Å²) in [6.07, 6.45) is 23.2. The molecule has 0 bridgehead atoms. The maximum atomic E-state index is 10.9. The Hall–Kier alpha value is -1.05. The number of hydrogen-bond acceptors (Lipinski definition) is 2. The molecule has 0 fully saturated rings. The molecule has 0 saturated heterocycles. The van der Waals surface area contributed by atoms with Gasteiger partial charge >= 0.3 is 5.97 Å². The van der Waals surface area contributed by atoms with Crippen molar-refractivity contribution in [3.8, 4) is 0 Å². The van der Waals surface area contributed by atoms with E-state index < -0.39 is 0 Å². The maximum Gasteiger partial charge on any atom is 0.309 e. The topological polar surface area (TPSA) is 26.3 Å². The number of allylic oxidation sites excluding steroid dienone is 3. The van der Waals surface area contributed by atoms with Crippen LogP contribution >= 0.6 is 0 Å². The van der Waals surface area contributed by atoms with E-state index in [0.717, 1.165) is 6.42 Å². The van der Waals surface area contributed by atoms with Gasteiger partial charge in [-0.1, -0.05) is 63.3 Å². The lowest BCUT2D eigenvalue weighted by molar-refractivity contribution is -0.139. The van der Waals surface area contributed by atoms with Crippen molar-refractivity contribution in [2.75, 3.05) is 7.11 Å². The Morgan fingerprint density at radius 2 is 1.24 bits per heavy atom. The van der Waals surface area contributed by atoms with E-state index in [9.17, 15) is 4.79 Å². The van der Waals surface area contributed by atoms with Gasteiger partial charge in [-0.25, -0.2) is 0 Å². The van der Waals surface area contributed by atoms with E-state index in [1.165, 1.54) is 71.3 Å². The minimum atomic E-state index is -0.163. The number of unbranched alkanes of at least 4 members (excludes halogenated alkanes) is 9. The van der Waals surface area contributed by atoms with Gasteiger partial charge in [0.2, 0.25) is 0 Å². The van der Waals surface area contributed by atoms with Crippen LogP contribution in [0.25, 0.3) is 0 Å². The molecule has 0 aliphatic heterocycles. The first-order chi connectivity index (χ1) is 10.3. The summed E-state index contributed by atoms with van der Waals surface area (Å²) in [6, 6.07) is 0. The van der Waals surface area contributed by atoms with Crippen LogP contribution in [0, 0.1) is 0 Å². The van der Waals surface area contributed by atoms with Gasteiger partial charge < -0.3 is 4.74 Å². The lowest BCUT2D eigenvalue weighted by Crippen LogP contribution is -1.96. The molecule has 0 saturated carbocycles. The fourth-order valence-electron chi connectivity index (χ4n) is 2.18. The highest BCUT2D eigenvalue weighted by Gasteiger charge is 1.93. The third-order valence-electron chi connectivity index (χ3n) is 3.56. The second kappa shape index (κ2) is 17.0.